The second-order valence-corrected chi connectivity index (χ2v) is 10.8. The number of anilines is 1. The van der Waals surface area contributed by atoms with E-state index in [1.54, 1.807) is 19.0 Å². The second-order valence-electron chi connectivity index (χ2n) is 10.8. The van der Waals surface area contributed by atoms with Crippen molar-refractivity contribution >= 4 is 28.9 Å². The van der Waals surface area contributed by atoms with Gasteiger partial charge in [0.25, 0.3) is 5.91 Å². The number of aliphatic hydroxyl groups is 3. The third kappa shape index (κ3) is 7.61. The Morgan fingerprint density at radius 2 is 1.80 bits per heavy atom. The molecule has 0 fully saturated rings. The van der Waals surface area contributed by atoms with Gasteiger partial charge in [-0.15, -0.1) is 0 Å². The molecule has 1 aliphatic rings. The summed E-state index contributed by atoms with van der Waals surface area (Å²) in [5.41, 5.74) is 6.36. The highest BCUT2D eigenvalue weighted by Gasteiger charge is 2.35. The Hall–Kier alpha value is -3.41. The Morgan fingerprint density at radius 3 is 2.35 bits per heavy atom. The standard InChI is InChI=1S/C29H44N4O7/c1-7-16(2)14-31-15-17-12-20(33(5)6)18-10-8-9-11-19(32(3)4)26(37)24(29(30)40)28(39)27(38)22(35)13-21(34)23(18)25(17)36/h12-13,16,19,27,31,34,36-38H,7-11,14-15H2,1-6H3,(H2,30,40)/b21-13?,26-24-/t16?,19-,27-/m0/s1. The van der Waals surface area contributed by atoms with Crippen LogP contribution in [0, 0.1) is 5.92 Å². The first-order chi connectivity index (χ1) is 18.7. The van der Waals surface area contributed by atoms with Gasteiger partial charge < -0.3 is 36.4 Å². The number of phenols is 1. The maximum Gasteiger partial charge on any atom is 0.255 e. The van der Waals surface area contributed by atoms with Gasteiger partial charge in [0.1, 0.15) is 22.8 Å². The van der Waals surface area contributed by atoms with E-state index in [0.717, 1.165) is 12.1 Å². The molecule has 0 aromatic heterocycles. The Balaban J connectivity index is 2.72. The summed E-state index contributed by atoms with van der Waals surface area (Å²) in [4.78, 5) is 41.5. The Morgan fingerprint density at radius 1 is 1.15 bits per heavy atom. The molecule has 1 amide bonds. The number of carbonyl (C=O) groups is 3. The summed E-state index contributed by atoms with van der Waals surface area (Å²) in [6, 6.07) is 1.06. The lowest BCUT2D eigenvalue weighted by Gasteiger charge is -2.26. The van der Waals surface area contributed by atoms with Gasteiger partial charge in [-0.1, -0.05) is 26.7 Å². The molecule has 2 rings (SSSR count). The number of likely N-dealkylation sites (N-methyl/N-ethyl adjacent to an activating group) is 1. The second kappa shape index (κ2) is 14.3. The van der Waals surface area contributed by atoms with Crippen molar-refractivity contribution in [1.82, 2.24) is 10.2 Å². The van der Waals surface area contributed by atoms with Crippen molar-refractivity contribution in [2.45, 2.75) is 64.6 Å². The molecule has 11 heteroatoms. The molecule has 0 radical (unpaired) electrons. The number of carbonyl (C=O) groups excluding carboxylic acids is 3. The molecule has 3 atom stereocenters. The Labute approximate surface area is 236 Å². The number of hydrogen-bond donors (Lipinski definition) is 6. The highest BCUT2D eigenvalue weighted by molar-refractivity contribution is 6.27. The number of nitrogens with zero attached hydrogens (tertiary/aromatic N) is 2. The SMILES string of the molecule is CCC(C)CNCc1cc(N(C)C)c2c(c1O)C(O)=CC(=O)[C@H](O)C(=O)/C(C(N)=O)=C(/O)[C@@H](N(C)C)CCCC2. The fourth-order valence-corrected chi connectivity index (χ4v) is 4.78. The molecule has 1 aliphatic carbocycles. The summed E-state index contributed by atoms with van der Waals surface area (Å²) in [6.45, 7) is 5.22. The maximum atomic E-state index is 13.0. The van der Waals surface area contributed by atoms with Crippen molar-refractivity contribution in [2.75, 3.05) is 39.6 Å². The summed E-state index contributed by atoms with van der Waals surface area (Å²) in [6.07, 6.45) is 1.05. The van der Waals surface area contributed by atoms with Crippen LogP contribution in [0.25, 0.3) is 5.76 Å². The molecule has 40 heavy (non-hydrogen) atoms. The quantitative estimate of drug-likeness (QED) is 0.203. The lowest BCUT2D eigenvalue weighted by molar-refractivity contribution is -0.134. The van der Waals surface area contributed by atoms with Gasteiger partial charge in [0.15, 0.2) is 11.9 Å². The van der Waals surface area contributed by atoms with Gasteiger partial charge in [0.2, 0.25) is 5.78 Å². The number of rotatable bonds is 8. The number of aliphatic hydroxyl groups excluding tert-OH is 3. The van der Waals surface area contributed by atoms with E-state index >= 15 is 0 Å². The van der Waals surface area contributed by atoms with Crippen molar-refractivity contribution < 1.29 is 34.8 Å². The average Bonchev–Trinajstić information content (AvgIpc) is 2.87. The molecule has 0 aliphatic heterocycles. The zero-order valence-corrected chi connectivity index (χ0v) is 24.3. The van der Waals surface area contributed by atoms with Gasteiger partial charge in [-0.2, -0.15) is 0 Å². The molecule has 1 aromatic rings. The van der Waals surface area contributed by atoms with Crippen LogP contribution in [0.15, 0.2) is 23.5 Å². The van der Waals surface area contributed by atoms with Crippen molar-refractivity contribution in [3.63, 3.8) is 0 Å². The zero-order chi connectivity index (χ0) is 30.3. The number of Topliss-reactive ketones (excluding diaryl/α,β-unsaturated/α-hetero) is 1. The molecule has 0 spiro atoms. The summed E-state index contributed by atoms with van der Waals surface area (Å²) >= 11 is 0. The molecule has 7 N–H and O–H groups in total. The van der Waals surface area contributed by atoms with Gasteiger partial charge in [-0.05, 0) is 57.5 Å². The lowest BCUT2D eigenvalue weighted by atomic mass is 9.90. The van der Waals surface area contributed by atoms with Crippen LogP contribution in [-0.2, 0) is 27.3 Å². The number of benzene rings is 1. The minimum Gasteiger partial charge on any atom is -0.510 e. The van der Waals surface area contributed by atoms with E-state index < -0.39 is 46.7 Å². The van der Waals surface area contributed by atoms with Gasteiger partial charge in [-0.3, -0.25) is 19.3 Å². The number of phenolic OH excluding ortho intramolecular Hbond substituents is 1. The molecule has 0 saturated carbocycles. The highest BCUT2D eigenvalue weighted by atomic mass is 16.3. The smallest absolute Gasteiger partial charge is 0.255 e. The summed E-state index contributed by atoms with van der Waals surface area (Å²) in [7, 11) is 6.98. The first-order valence-electron chi connectivity index (χ1n) is 13.5. The van der Waals surface area contributed by atoms with Crippen molar-refractivity contribution in [3.8, 4) is 5.75 Å². The van der Waals surface area contributed by atoms with Crippen LogP contribution in [0.3, 0.4) is 0 Å². The van der Waals surface area contributed by atoms with Gasteiger partial charge >= 0.3 is 0 Å². The molecule has 0 heterocycles. The highest BCUT2D eigenvalue weighted by Crippen LogP contribution is 2.39. The van der Waals surface area contributed by atoms with E-state index in [2.05, 4.69) is 19.2 Å². The van der Waals surface area contributed by atoms with Crippen LogP contribution in [0.2, 0.25) is 0 Å². The number of amides is 1. The first-order valence-corrected chi connectivity index (χ1v) is 13.5. The van der Waals surface area contributed by atoms with E-state index in [0.29, 0.717) is 61.9 Å². The monoisotopic (exact) mass is 560 g/mol. The Bertz CT molecular complexity index is 1170. The average molecular weight is 561 g/mol. The summed E-state index contributed by atoms with van der Waals surface area (Å²) in [5, 5.41) is 47.1. The van der Waals surface area contributed by atoms with Crippen molar-refractivity contribution in [1.29, 1.82) is 0 Å². The van der Waals surface area contributed by atoms with Gasteiger partial charge in [-0.25, -0.2) is 0 Å². The maximum absolute atomic E-state index is 13.0. The molecular weight excluding hydrogens is 516 g/mol. The van der Waals surface area contributed by atoms with Crippen molar-refractivity contribution in [2.24, 2.45) is 11.7 Å². The number of hydrogen-bond acceptors (Lipinski definition) is 10. The van der Waals surface area contributed by atoms with Gasteiger partial charge in [0.05, 0.1) is 11.6 Å². The van der Waals surface area contributed by atoms with Crippen LogP contribution in [0.4, 0.5) is 5.69 Å². The molecule has 1 aromatic carbocycles. The van der Waals surface area contributed by atoms with Crippen LogP contribution in [0.5, 0.6) is 5.75 Å². The van der Waals surface area contributed by atoms with E-state index in [9.17, 15) is 34.8 Å². The fourth-order valence-electron chi connectivity index (χ4n) is 4.78. The van der Waals surface area contributed by atoms with Crippen LogP contribution in [-0.4, -0.2) is 89.7 Å². The molecular formula is C29H44N4O7. The molecule has 0 bridgehead atoms. The number of nitrogens with two attached hydrogens (primary N) is 1. The predicted octanol–water partition coefficient (Wildman–Crippen LogP) is 1.95. The molecule has 11 nitrogen and oxygen atoms in total. The predicted molar refractivity (Wildman–Crippen MR) is 154 cm³/mol. The number of primary amides is 1. The van der Waals surface area contributed by atoms with E-state index in [-0.39, 0.29) is 11.3 Å². The number of aromatic hydroxyl groups is 1. The lowest BCUT2D eigenvalue weighted by Crippen LogP contribution is -2.39. The van der Waals surface area contributed by atoms with E-state index in [4.69, 9.17) is 5.73 Å². The number of fused-ring (bicyclic) bond motifs is 1. The zero-order valence-electron chi connectivity index (χ0n) is 24.3. The number of ketones is 2. The fraction of sp³-hybridized carbons (Fsp3) is 0.552. The number of nitrogens with one attached hydrogen (secondary N) is 1. The molecule has 222 valence electrons. The minimum atomic E-state index is -2.41. The van der Waals surface area contributed by atoms with Crippen molar-refractivity contribution in [3.05, 3.63) is 40.2 Å². The molecule has 0 saturated heterocycles. The van der Waals surface area contributed by atoms with E-state index in [1.165, 1.54) is 0 Å². The first kappa shape index (κ1) is 32.8. The Kier molecular flexibility index (Phi) is 11.7. The third-order valence-corrected chi connectivity index (χ3v) is 7.35. The minimum absolute atomic E-state index is 0.0364. The summed E-state index contributed by atoms with van der Waals surface area (Å²) in [5.74, 6) is -4.94. The topological polar surface area (TPSA) is 177 Å². The molecule has 1 unspecified atom stereocenters. The van der Waals surface area contributed by atoms with Crippen LogP contribution in [0.1, 0.15) is 56.2 Å². The van der Waals surface area contributed by atoms with Gasteiger partial charge in [0, 0.05) is 38.0 Å². The normalized spacial score (nSPS) is 21.9. The largest absolute Gasteiger partial charge is 0.510 e. The third-order valence-electron chi connectivity index (χ3n) is 7.35. The van der Waals surface area contributed by atoms with Crippen LogP contribution >= 0.6 is 0 Å². The van der Waals surface area contributed by atoms with Crippen LogP contribution < -0.4 is 16.0 Å². The summed E-state index contributed by atoms with van der Waals surface area (Å²) < 4.78 is 0. The van der Waals surface area contributed by atoms with E-state index in [1.807, 2.05) is 25.1 Å².